The second-order valence-corrected chi connectivity index (χ2v) is 6.98. The van der Waals surface area contributed by atoms with E-state index in [1.807, 2.05) is 0 Å². The maximum absolute atomic E-state index is 14.4. The van der Waals surface area contributed by atoms with Gasteiger partial charge < -0.3 is 15.0 Å². The number of nitrogens with one attached hydrogen (secondary N) is 1. The minimum Gasteiger partial charge on any atom is -0.442 e. The quantitative estimate of drug-likeness (QED) is 0.887. The van der Waals surface area contributed by atoms with E-state index in [0.29, 0.717) is 17.9 Å². The Bertz CT molecular complexity index is 665. The molecule has 1 aliphatic carbocycles. The third-order valence-electron chi connectivity index (χ3n) is 4.85. The van der Waals surface area contributed by atoms with Crippen LogP contribution in [-0.2, 0) is 9.53 Å². The van der Waals surface area contributed by atoms with Crippen LogP contribution in [0.3, 0.4) is 0 Å². The molecule has 1 saturated carbocycles. The molecule has 1 atom stereocenters. The van der Waals surface area contributed by atoms with Crippen LogP contribution in [0.15, 0.2) is 12.1 Å². The van der Waals surface area contributed by atoms with E-state index >= 15 is 0 Å². The van der Waals surface area contributed by atoms with Gasteiger partial charge in [-0.2, -0.15) is 0 Å². The van der Waals surface area contributed by atoms with Crippen LogP contribution in [-0.4, -0.2) is 45.3 Å². The SMILES string of the molecule is Cc1cc(N2CC(CNC(=O)C3CCC3)OC2=O)cc(F)c1N(C)C. The first-order valence-corrected chi connectivity index (χ1v) is 8.60. The molecule has 1 N–H and O–H groups in total. The molecule has 0 aromatic heterocycles. The van der Waals surface area contributed by atoms with Crippen LogP contribution in [0.25, 0.3) is 0 Å². The summed E-state index contributed by atoms with van der Waals surface area (Å²) in [5, 5.41) is 2.84. The zero-order valence-electron chi connectivity index (χ0n) is 14.8. The Labute approximate surface area is 146 Å². The van der Waals surface area contributed by atoms with Gasteiger partial charge in [0, 0.05) is 20.0 Å². The fraction of sp³-hybridized carbons (Fsp3) is 0.556. The first kappa shape index (κ1) is 17.5. The molecule has 25 heavy (non-hydrogen) atoms. The second-order valence-electron chi connectivity index (χ2n) is 6.98. The number of halogens is 1. The van der Waals surface area contributed by atoms with Crippen molar-refractivity contribution in [1.82, 2.24) is 5.32 Å². The summed E-state index contributed by atoms with van der Waals surface area (Å²) in [5.41, 5.74) is 1.72. The number of hydrogen-bond acceptors (Lipinski definition) is 4. The van der Waals surface area contributed by atoms with E-state index < -0.39 is 12.2 Å². The molecule has 7 heteroatoms. The van der Waals surface area contributed by atoms with Gasteiger partial charge in [0.25, 0.3) is 0 Å². The van der Waals surface area contributed by atoms with Crippen molar-refractivity contribution in [1.29, 1.82) is 0 Å². The van der Waals surface area contributed by atoms with E-state index in [1.54, 1.807) is 32.0 Å². The molecule has 0 radical (unpaired) electrons. The Morgan fingerprint density at radius 2 is 2.12 bits per heavy atom. The van der Waals surface area contributed by atoms with Gasteiger partial charge in [-0.3, -0.25) is 9.69 Å². The van der Waals surface area contributed by atoms with Crippen molar-refractivity contribution in [3.05, 3.63) is 23.5 Å². The van der Waals surface area contributed by atoms with Crippen molar-refractivity contribution in [2.75, 3.05) is 37.0 Å². The number of carbonyl (C=O) groups excluding carboxylic acids is 2. The van der Waals surface area contributed by atoms with E-state index in [2.05, 4.69) is 5.32 Å². The van der Waals surface area contributed by atoms with Gasteiger partial charge >= 0.3 is 6.09 Å². The summed E-state index contributed by atoms with van der Waals surface area (Å²) in [5.74, 6) is -0.254. The molecule has 1 heterocycles. The predicted molar refractivity (Wildman–Crippen MR) is 93.4 cm³/mol. The molecule has 6 nitrogen and oxygen atoms in total. The molecule has 1 saturated heterocycles. The monoisotopic (exact) mass is 349 g/mol. The highest BCUT2D eigenvalue weighted by atomic mass is 19.1. The lowest BCUT2D eigenvalue weighted by atomic mass is 9.85. The van der Waals surface area contributed by atoms with Crippen LogP contribution in [0.4, 0.5) is 20.6 Å². The minimum atomic E-state index is -0.515. The Morgan fingerprint density at radius 1 is 1.40 bits per heavy atom. The number of amides is 2. The first-order valence-electron chi connectivity index (χ1n) is 8.60. The smallest absolute Gasteiger partial charge is 0.414 e. The highest BCUT2D eigenvalue weighted by Crippen LogP contribution is 2.30. The Kier molecular flexibility index (Phi) is 4.83. The molecular weight excluding hydrogens is 325 g/mol. The molecule has 1 unspecified atom stereocenters. The molecule has 2 aliphatic rings. The summed E-state index contributed by atoms with van der Waals surface area (Å²) in [6.07, 6.45) is 2.02. The van der Waals surface area contributed by atoms with Crippen LogP contribution in [0, 0.1) is 18.7 Å². The predicted octanol–water partition coefficient (Wildman–Crippen LogP) is 2.44. The lowest BCUT2D eigenvalue weighted by molar-refractivity contribution is -0.127. The zero-order chi connectivity index (χ0) is 18.1. The van der Waals surface area contributed by atoms with Crippen molar-refractivity contribution < 1.29 is 18.7 Å². The van der Waals surface area contributed by atoms with Crippen LogP contribution in [0.2, 0.25) is 0 Å². The second kappa shape index (κ2) is 6.90. The molecular formula is C18H24FN3O3. The largest absolute Gasteiger partial charge is 0.442 e. The molecule has 0 bridgehead atoms. The van der Waals surface area contributed by atoms with Crippen molar-refractivity contribution >= 4 is 23.4 Å². The molecule has 1 aromatic carbocycles. The molecule has 0 spiro atoms. The summed E-state index contributed by atoms with van der Waals surface area (Å²) in [6.45, 7) is 2.39. The number of cyclic esters (lactones) is 1. The van der Waals surface area contributed by atoms with E-state index in [1.165, 1.54) is 11.0 Å². The fourth-order valence-corrected chi connectivity index (χ4v) is 3.31. The summed E-state index contributed by atoms with van der Waals surface area (Å²) < 4.78 is 19.7. The van der Waals surface area contributed by atoms with Gasteiger partial charge in [-0.1, -0.05) is 6.42 Å². The minimum absolute atomic E-state index is 0.0259. The van der Waals surface area contributed by atoms with Crippen molar-refractivity contribution in [2.24, 2.45) is 5.92 Å². The summed E-state index contributed by atoms with van der Waals surface area (Å²) in [7, 11) is 3.55. The van der Waals surface area contributed by atoms with E-state index in [9.17, 15) is 14.0 Å². The van der Waals surface area contributed by atoms with Crippen LogP contribution in [0.1, 0.15) is 24.8 Å². The van der Waals surface area contributed by atoms with Gasteiger partial charge in [-0.15, -0.1) is 0 Å². The van der Waals surface area contributed by atoms with Gasteiger partial charge in [-0.25, -0.2) is 9.18 Å². The number of hydrogen-bond donors (Lipinski definition) is 1. The van der Waals surface area contributed by atoms with Gasteiger partial charge in [0.1, 0.15) is 11.9 Å². The summed E-state index contributed by atoms with van der Waals surface area (Å²) in [6, 6.07) is 3.12. The van der Waals surface area contributed by atoms with Crippen molar-refractivity contribution in [3.8, 4) is 0 Å². The zero-order valence-corrected chi connectivity index (χ0v) is 14.8. The number of rotatable bonds is 5. The lowest BCUT2D eigenvalue weighted by Gasteiger charge is -2.24. The molecule has 2 fully saturated rings. The van der Waals surface area contributed by atoms with Crippen LogP contribution >= 0.6 is 0 Å². The van der Waals surface area contributed by atoms with Crippen molar-refractivity contribution in [2.45, 2.75) is 32.3 Å². The Hall–Kier alpha value is -2.31. The molecule has 1 aromatic rings. The topological polar surface area (TPSA) is 61.9 Å². The third kappa shape index (κ3) is 3.55. The highest BCUT2D eigenvalue weighted by molar-refractivity contribution is 5.90. The molecule has 3 rings (SSSR count). The van der Waals surface area contributed by atoms with E-state index in [-0.39, 0.29) is 24.2 Å². The van der Waals surface area contributed by atoms with Gasteiger partial charge in [0.15, 0.2) is 0 Å². The fourth-order valence-electron chi connectivity index (χ4n) is 3.31. The van der Waals surface area contributed by atoms with Crippen LogP contribution < -0.4 is 15.1 Å². The maximum Gasteiger partial charge on any atom is 0.414 e. The number of nitrogens with zero attached hydrogens (tertiary/aromatic N) is 2. The number of benzene rings is 1. The van der Waals surface area contributed by atoms with Gasteiger partial charge in [0.05, 0.1) is 24.5 Å². The summed E-state index contributed by atoms with van der Waals surface area (Å²) in [4.78, 5) is 27.1. The van der Waals surface area contributed by atoms with Crippen LogP contribution in [0.5, 0.6) is 0 Å². The molecule has 2 amide bonds. The Morgan fingerprint density at radius 3 is 2.68 bits per heavy atom. The number of anilines is 2. The maximum atomic E-state index is 14.4. The standard InChI is InChI=1S/C18H24FN3O3/c1-11-7-13(8-15(19)16(11)21(2)3)22-10-14(25-18(22)24)9-20-17(23)12-5-4-6-12/h7-8,12,14H,4-6,9-10H2,1-3H3,(H,20,23). The van der Waals surface area contributed by atoms with E-state index in [0.717, 1.165) is 24.8 Å². The average molecular weight is 349 g/mol. The molecule has 1 aliphatic heterocycles. The number of aryl methyl sites for hydroxylation is 1. The molecule has 136 valence electrons. The van der Waals surface area contributed by atoms with Gasteiger partial charge in [0.2, 0.25) is 5.91 Å². The lowest BCUT2D eigenvalue weighted by Crippen LogP contribution is -2.40. The first-order chi connectivity index (χ1) is 11.9. The van der Waals surface area contributed by atoms with Gasteiger partial charge in [-0.05, 0) is 37.5 Å². The van der Waals surface area contributed by atoms with E-state index in [4.69, 9.17) is 4.74 Å². The van der Waals surface area contributed by atoms with Crippen molar-refractivity contribution in [3.63, 3.8) is 0 Å². The highest BCUT2D eigenvalue weighted by Gasteiger charge is 2.34. The third-order valence-corrected chi connectivity index (χ3v) is 4.85. The average Bonchev–Trinajstić information content (AvgIpc) is 2.83. The normalized spacial score (nSPS) is 20.2. The Balaban J connectivity index is 1.65. The number of ether oxygens (including phenoxy) is 1. The number of carbonyl (C=O) groups is 2. The summed E-state index contributed by atoms with van der Waals surface area (Å²) >= 11 is 0.